The van der Waals surface area contributed by atoms with E-state index in [2.05, 4.69) is 36.6 Å². The Labute approximate surface area is 334 Å². The van der Waals surface area contributed by atoms with Crippen LogP contribution in [0.25, 0.3) is 0 Å². The SMILES string of the molecule is CCCCCCCCCCC/C=C/C/C=C/CCCC(=O)O[C@H](COC(=O)CCCCCCCCCCCCCCCC)COP(=O)(O)OC[C@H](N)C(=O)O. The van der Waals surface area contributed by atoms with Crippen LogP contribution in [0.3, 0.4) is 0 Å². The lowest BCUT2D eigenvalue weighted by molar-refractivity contribution is -0.161. The lowest BCUT2D eigenvalue weighted by Crippen LogP contribution is -2.34. The van der Waals surface area contributed by atoms with E-state index >= 15 is 0 Å². The van der Waals surface area contributed by atoms with Crippen molar-refractivity contribution in [3.8, 4) is 0 Å². The van der Waals surface area contributed by atoms with Gasteiger partial charge in [0.1, 0.15) is 12.6 Å². The molecule has 0 saturated heterocycles. The second-order valence-electron chi connectivity index (χ2n) is 14.8. The minimum absolute atomic E-state index is 0.100. The first-order chi connectivity index (χ1) is 26.6. The predicted molar refractivity (Wildman–Crippen MR) is 222 cm³/mol. The number of hydrogen-bond acceptors (Lipinski definition) is 9. The van der Waals surface area contributed by atoms with E-state index in [1.54, 1.807) is 0 Å². The summed E-state index contributed by atoms with van der Waals surface area (Å²) >= 11 is 0. The molecule has 0 rings (SSSR count). The maximum atomic E-state index is 12.6. The second-order valence-corrected chi connectivity index (χ2v) is 16.3. The standard InChI is InChI=1S/C43H80NO10P/c1-3-5-7-9-11-13-15-17-19-20-21-23-25-27-29-31-33-35-42(46)54-39(37-52-55(49,50)53-38-40(44)43(47)48)36-51-41(45)34-32-30-28-26-24-22-18-16-14-12-10-8-6-4-2/h21,23,27,29,39-40H,3-20,22,24-26,28,30-38,44H2,1-2H3,(H,47,48)(H,49,50)/b23-21+,29-27+/t39-,40+/m1/s1. The minimum atomic E-state index is -4.72. The van der Waals surface area contributed by atoms with Gasteiger partial charge < -0.3 is 25.2 Å². The molecule has 0 radical (unpaired) electrons. The lowest BCUT2D eigenvalue weighted by Gasteiger charge is -2.20. The Morgan fingerprint density at radius 2 is 0.982 bits per heavy atom. The van der Waals surface area contributed by atoms with Crippen molar-refractivity contribution in [2.45, 2.75) is 212 Å². The molecule has 11 nitrogen and oxygen atoms in total. The molecule has 0 aromatic heterocycles. The number of phosphoric ester groups is 1. The van der Waals surface area contributed by atoms with Gasteiger partial charge in [0, 0.05) is 12.8 Å². The van der Waals surface area contributed by atoms with E-state index in [9.17, 15) is 23.8 Å². The Morgan fingerprint density at radius 3 is 1.47 bits per heavy atom. The summed E-state index contributed by atoms with van der Waals surface area (Å²) in [5, 5.41) is 8.88. The van der Waals surface area contributed by atoms with Crippen molar-refractivity contribution in [1.29, 1.82) is 0 Å². The van der Waals surface area contributed by atoms with Crippen LogP contribution >= 0.6 is 7.82 Å². The van der Waals surface area contributed by atoms with E-state index in [0.717, 1.165) is 32.1 Å². The fourth-order valence-corrected chi connectivity index (χ4v) is 6.77. The van der Waals surface area contributed by atoms with Crippen molar-refractivity contribution >= 4 is 25.7 Å². The number of esters is 2. The van der Waals surface area contributed by atoms with Crippen LogP contribution in [0.4, 0.5) is 0 Å². The first-order valence-corrected chi connectivity index (χ1v) is 23.4. The normalized spacial score (nSPS) is 14.0. The number of unbranched alkanes of at least 4 members (excludes halogenated alkanes) is 23. The van der Waals surface area contributed by atoms with Crippen molar-refractivity contribution in [3.63, 3.8) is 0 Å². The van der Waals surface area contributed by atoms with Gasteiger partial charge in [-0.25, -0.2) is 4.57 Å². The quantitative estimate of drug-likeness (QED) is 0.0232. The highest BCUT2D eigenvalue weighted by Crippen LogP contribution is 2.43. The van der Waals surface area contributed by atoms with Gasteiger partial charge >= 0.3 is 25.7 Å². The average Bonchev–Trinajstić information content (AvgIpc) is 3.16. The highest BCUT2D eigenvalue weighted by molar-refractivity contribution is 7.47. The molecule has 0 aliphatic carbocycles. The number of carboxylic acids is 1. The molecule has 12 heteroatoms. The van der Waals surface area contributed by atoms with Crippen molar-refractivity contribution < 1.29 is 47.5 Å². The van der Waals surface area contributed by atoms with Gasteiger partial charge in [0.05, 0.1) is 13.2 Å². The molecule has 0 aromatic carbocycles. The van der Waals surface area contributed by atoms with E-state index in [-0.39, 0.29) is 19.4 Å². The Balaban J connectivity index is 4.41. The number of carbonyl (C=O) groups is 3. The van der Waals surface area contributed by atoms with Crippen LogP contribution in [0.2, 0.25) is 0 Å². The molecule has 0 spiro atoms. The number of aliphatic carboxylic acids is 1. The molecular formula is C43H80NO10P. The van der Waals surface area contributed by atoms with Gasteiger partial charge in [0.15, 0.2) is 6.10 Å². The zero-order chi connectivity index (χ0) is 40.7. The van der Waals surface area contributed by atoms with E-state index < -0.39 is 51.1 Å². The third-order valence-electron chi connectivity index (χ3n) is 9.45. The Morgan fingerprint density at radius 1 is 0.564 bits per heavy atom. The minimum Gasteiger partial charge on any atom is -0.480 e. The van der Waals surface area contributed by atoms with E-state index in [0.29, 0.717) is 19.3 Å². The van der Waals surface area contributed by atoms with Crippen molar-refractivity contribution in [1.82, 2.24) is 0 Å². The van der Waals surface area contributed by atoms with Crippen LogP contribution in [0.15, 0.2) is 24.3 Å². The molecule has 0 bridgehead atoms. The van der Waals surface area contributed by atoms with E-state index in [1.807, 2.05) is 6.08 Å². The average molecular weight is 802 g/mol. The Bertz CT molecular complexity index is 1040. The van der Waals surface area contributed by atoms with Crippen LogP contribution in [0.1, 0.15) is 200 Å². The third kappa shape index (κ3) is 38.6. The first kappa shape index (κ1) is 53.0. The van der Waals surface area contributed by atoms with E-state index in [1.165, 1.54) is 122 Å². The maximum Gasteiger partial charge on any atom is 0.472 e. The zero-order valence-corrected chi connectivity index (χ0v) is 35.7. The fraction of sp³-hybridized carbons (Fsp3) is 0.837. The summed E-state index contributed by atoms with van der Waals surface area (Å²) < 4.78 is 32.6. The number of carbonyl (C=O) groups excluding carboxylic acids is 2. The fourth-order valence-electron chi connectivity index (χ4n) is 5.99. The van der Waals surface area contributed by atoms with Crippen LogP contribution in [0.5, 0.6) is 0 Å². The number of nitrogens with two attached hydrogens (primary N) is 1. The highest BCUT2D eigenvalue weighted by Gasteiger charge is 2.28. The number of allylic oxidation sites excluding steroid dienone is 4. The molecule has 55 heavy (non-hydrogen) atoms. The van der Waals surface area contributed by atoms with Gasteiger partial charge in [-0.15, -0.1) is 0 Å². The van der Waals surface area contributed by atoms with Crippen LogP contribution in [0, 0.1) is 0 Å². The Kier molecular flexibility index (Phi) is 37.4. The van der Waals surface area contributed by atoms with Gasteiger partial charge in [-0.05, 0) is 38.5 Å². The summed E-state index contributed by atoms with van der Waals surface area (Å²) in [6, 6.07) is -1.52. The van der Waals surface area contributed by atoms with E-state index in [4.69, 9.17) is 24.8 Å². The number of carboxylic acid groups (broad SMARTS) is 1. The summed E-state index contributed by atoms with van der Waals surface area (Å²) in [6.45, 7) is 2.77. The number of phosphoric acid groups is 1. The Hall–Kier alpha value is -2.04. The molecule has 0 fully saturated rings. The number of rotatable bonds is 41. The van der Waals surface area contributed by atoms with Crippen molar-refractivity contribution in [2.24, 2.45) is 5.73 Å². The summed E-state index contributed by atoms with van der Waals surface area (Å²) in [4.78, 5) is 45.9. The zero-order valence-electron chi connectivity index (χ0n) is 34.8. The lowest BCUT2D eigenvalue weighted by atomic mass is 10.0. The highest BCUT2D eigenvalue weighted by atomic mass is 31.2. The molecule has 3 atom stereocenters. The van der Waals surface area contributed by atoms with Gasteiger partial charge in [-0.1, -0.05) is 173 Å². The maximum absolute atomic E-state index is 12.6. The van der Waals surface area contributed by atoms with Gasteiger partial charge in [0.25, 0.3) is 0 Å². The molecule has 0 aliphatic heterocycles. The largest absolute Gasteiger partial charge is 0.480 e. The molecule has 0 amide bonds. The molecule has 0 saturated carbocycles. The molecular weight excluding hydrogens is 721 g/mol. The summed E-state index contributed by atoms with van der Waals surface area (Å²) in [7, 11) is -4.72. The first-order valence-electron chi connectivity index (χ1n) is 21.9. The van der Waals surface area contributed by atoms with Gasteiger partial charge in [-0.3, -0.25) is 23.4 Å². The molecule has 1 unspecified atom stereocenters. The summed E-state index contributed by atoms with van der Waals surface area (Å²) in [6.07, 6.45) is 39.6. The monoisotopic (exact) mass is 802 g/mol. The molecule has 4 N–H and O–H groups in total. The van der Waals surface area contributed by atoms with Crippen molar-refractivity contribution in [2.75, 3.05) is 19.8 Å². The molecule has 0 heterocycles. The van der Waals surface area contributed by atoms with Crippen LogP contribution in [-0.4, -0.2) is 59.9 Å². The third-order valence-corrected chi connectivity index (χ3v) is 10.4. The second kappa shape index (κ2) is 38.8. The topological polar surface area (TPSA) is 172 Å². The van der Waals surface area contributed by atoms with Crippen LogP contribution in [-0.2, 0) is 37.5 Å². The van der Waals surface area contributed by atoms with Crippen molar-refractivity contribution in [3.05, 3.63) is 24.3 Å². The number of hydrogen-bond donors (Lipinski definition) is 3. The molecule has 0 aromatic rings. The molecule has 0 aliphatic rings. The summed E-state index contributed by atoms with van der Waals surface area (Å²) in [5.41, 5.74) is 5.33. The van der Waals surface area contributed by atoms with Gasteiger partial charge in [-0.2, -0.15) is 0 Å². The van der Waals surface area contributed by atoms with Crippen LogP contribution < -0.4 is 5.73 Å². The predicted octanol–water partition coefficient (Wildman–Crippen LogP) is 11.5. The number of ether oxygens (including phenoxy) is 2. The molecule has 322 valence electrons. The smallest absolute Gasteiger partial charge is 0.472 e. The van der Waals surface area contributed by atoms with Gasteiger partial charge in [0.2, 0.25) is 0 Å². The summed E-state index contributed by atoms with van der Waals surface area (Å²) in [5.74, 6) is -2.43.